The maximum absolute atomic E-state index is 12.2. The molecule has 0 aromatic heterocycles. The Morgan fingerprint density at radius 1 is 1.38 bits per heavy atom. The van der Waals surface area contributed by atoms with Gasteiger partial charge in [-0.25, -0.2) is 0 Å². The van der Waals surface area contributed by atoms with Gasteiger partial charge in [-0.05, 0) is 37.0 Å². The lowest BCUT2D eigenvalue weighted by molar-refractivity contribution is -0.113. The highest BCUT2D eigenvalue weighted by molar-refractivity contribution is 8.00. The Kier molecular flexibility index (Phi) is 5.79. The largest absolute Gasteiger partial charge is 0.376 e. The first kappa shape index (κ1) is 17.3. The van der Waals surface area contributed by atoms with Crippen LogP contribution in [0.1, 0.15) is 43.0 Å². The average molecular weight is 348 g/mol. The molecule has 1 aromatic carbocycles. The number of thioether (sulfide) groups is 1. The van der Waals surface area contributed by atoms with Gasteiger partial charge in [0.15, 0.2) is 0 Å². The van der Waals surface area contributed by atoms with E-state index in [-0.39, 0.29) is 11.8 Å². The van der Waals surface area contributed by atoms with Crippen molar-refractivity contribution in [2.24, 2.45) is 5.92 Å². The van der Waals surface area contributed by atoms with Crippen molar-refractivity contribution >= 4 is 29.3 Å². The Bertz CT molecular complexity index is 620. The summed E-state index contributed by atoms with van der Waals surface area (Å²) in [5, 5.41) is 5.69. The topological polar surface area (TPSA) is 67.4 Å². The fourth-order valence-electron chi connectivity index (χ4n) is 3.23. The summed E-state index contributed by atoms with van der Waals surface area (Å²) >= 11 is 1.49. The molecule has 1 heterocycles. The van der Waals surface area contributed by atoms with Crippen LogP contribution in [0.4, 0.5) is 5.69 Å². The lowest BCUT2D eigenvalue weighted by atomic mass is 9.88. The molecular weight excluding hydrogens is 324 g/mol. The number of benzene rings is 1. The molecule has 0 bridgehead atoms. The molecule has 0 saturated heterocycles. The van der Waals surface area contributed by atoms with Crippen LogP contribution < -0.4 is 10.6 Å². The summed E-state index contributed by atoms with van der Waals surface area (Å²) in [7, 11) is 0. The van der Waals surface area contributed by atoms with E-state index in [1.165, 1.54) is 31.0 Å². The molecule has 3 rings (SSSR count). The average Bonchev–Trinajstić information content (AvgIpc) is 2.59. The highest BCUT2D eigenvalue weighted by Crippen LogP contribution is 2.32. The van der Waals surface area contributed by atoms with Gasteiger partial charge >= 0.3 is 0 Å². The Hall–Kier alpha value is -1.53. The zero-order valence-corrected chi connectivity index (χ0v) is 14.8. The molecule has 0 unspecified atom stereocenters. The van der Waals surface area contributed by atoms with Gasteiger partial charge in [-0.3, -0.25) is 9.59 Å². The molecule has 2 amide bonds. The number of fused-ring (bicyclic) bond motifs is 1. The van der Waals surface area contributed by atoms with E-state index in [0.29, 0.717) is 36.5 Å². The highest BCUT2D eigenvalue weighted by atomic mass is 32.2. The standard InChI is InChI=1S/C18H24N2O3S/c1-12-4-2-3-5-15(12)23-9-8-19-18(22)13-6-7-16-14(10-13)20-17(21)11-24-16/h6-7,10,12,15H,2-5,8-9,11H2,1H3,(H,19,22)(H,20,21)/t12-,15-/m0/s1. The van der Waals surface area contributed by atoms with Gasteiger partial charge in [0.25, 0.3) is 5.91 Å². The number of ether oxygens (including phenoxy) is 1. The molecule has 0 spiro atoms. The van der Waals surface area contributed by atoms with E-state index in [1.54, 1.807) is 12.1 Å². The fourth-order valence-corrected chi connectivity index (χ4v) is 4.02. The number of hydrogen-bond donors (Lipinski definition) is 2. The van der Waals surface area contributed by atoms with Crippen LogP contribution in [0.15, 0.2) is 23.1 Å². The molecule has 2 aliphatic rings. The van der Waals surface area contributed by atoms with Crippen LogP contribution in [0.5, 0.6) is 0 Å². The van der Waals surface area contributed by atoms with Crippen LogP contribution in [0.25, 0.3) is 0 Å². The SMILES string of the molecule is C[C@H]1CCCC[C@@H]1OCCNC(=O)c1ccc2c(c1)NC(=O)CS2. The number of amides is 2. The first-order valence-electron chi connectivity index (χ1n) is 8.60. The summed E-state index contributed by atoms with van der Waals surface area (Å²) in [4.78, 5) is 24.7. The quantitative estimate of drug-likeness (QED) is 0.803. The van der Waals surface area contributed by atoms with Gasteiger partial charge in [0.05, 0.1) is 24.2 Å². The molecule has 130 valence electrons. The Morgan fingerprint density at radius 3 is 3.04 bits per heavy atom. The first-order chi connectivity index (χ1) is 11.6. The molecule has 2 N–H and O–H groups in total. The third-order valence-electron chi connectivity index (χ3n) is 4.63. The van der Waals surface area contributed by atoms with Gasteiger partial charge in [0, 0.05) is 17.0 Å². The van der Waals surface area contributed by atoms with E-state index in [0.717, 1.165) is 17.0 Å². The van der Waals surface area contributed by atoms with Gasteiger partial charge in [-0.1, -0.05) is 19.8 Å². The van der Waals surface area contributed by atoms with E-state index < -0.39 is 0 Å². The van der Waals surface area contributed by atoms with E-state index >= 15 is 0 Å². The third kappa shape index (κ3) is 4.30. The minimum atomic E-state index is -0.136. The molecule has 24 heavy (non-hydrogen) atoms. The van der Waals surface area contributed by atoms with Crippen molar-refractivity contribution in [2.75, 3.05) is 24.2 Å². The number of hydrogen-bond acceptors (Lipinski definition) is 4. The lowest BCUT2D eigenvalue weighted by Crippen LogP contribution is -2.32. The third-order valence-corrected chi connectivity index (χ3v) is 5.70. The zero-order chi connectivity index (χ0) is 16.9. The fraction of sp³-hybridized carbons (Fsp3) is 0.556. The molecule has 0 radical (unpaired) electrons. The van der Waals surface area contributed by atoms with Crippen LogP contribution in [-0.2, 0) is 9.53 Å². The number of carbonyl (C=O) groups is 2. The van der Waals surface area contributed by atoms with Crippen molar-refractivity contribution in [2.45, 2.75) is 43.6 Å². The molecule has 1 aromatic rings. The number of nitrogens with one attached hydrogen (secondary N) is 2. The summed E-state index contributed by atoms with van der Waals surface area (Å²) in [6.45, 7) is 3.28. The molecular formula is C18H24N2O3S. The predicted octanol–water partition coefficient (Wildman–Crippen LogP) is 3.06. The second kappa shape index (κ2) is 8.03. The van der Waals surface area contributed by atoms with Crippen molar-refractivity contribution in [3.8, 4) is 0 Å². The van der Waals surface area contributed by atoms with Gasteiger partial charge in [-0.15, -0.1) is 11.8 Å². The monoisotopic (exact) mass is 348 g/mol. The Labute approximate surface area is 146 Å². The van der Waals surface area contributed by atoms with Crippen molar-refractivity contribution in [3.63, 3.8) is 0 Å². The van der Waals surface area contributed by atoms with E-state index in [1.807, 2.05) is 6.07 Å². The molecule has 1 aliphatic heterocycles. The molecule has 1 saturated carbocycles. The lowest BCUT2D eigenvalue weighted by Gasteiger charge is -2.28. The minimum absolute atomic E-state index is 0.0277. The summed E-state index contributed by atoms with van der Waals surface area (Å²) in [6.07, 6.45) is 5.21. The summed E-state index contributed by atoms with van der Waals surface area (Å²) in [6, 6.07) is 5.41. The van der Waals surface area contributed by atoms with Gasteiger partial charge in [0.1, 0.15) is 0 Å². The molecule has 5 nitrogen and oxygen atoms in total. The molecule has 6 heteroatoms. The van der Waals surface area contributed by atoms with Crippen LogP contribution in [0.3, 0.4) is 0 Å². The van der Waals surface area contributed by atoms with E-state index in [4.69, 9.17) is 4.74 Å². The second-order valence-electron chi connectivity index (χ2n) is 6.47. The molecule has 1 fully saturated rings. The number of rotatable bonds is 5. The van der Waals surface area contributed by atoms with Crippen molar-refractivity contribution in [1.29, 1.82) is 0 Å². The molecule has 2 atom stereocenters. The van der Waals surface area contributed by atoms with Crippen molar-refractivity contribution < 1.29 is 14.3 Å². The summed E-state index contributed by atoms with van der Waals surface area (Å²) < 4.78 is 5.91. The normalized spacial score (nSPS) is 23.3. The maximum atomic E-state index is 12.2. The number of carbonyl (C=O) groups excluding carboxylic acids is 2. The van der Waals surface area contributed by atoms with E-state index in [2.05, 4.69) is 17.6 Å². The van der Waals surface area contributed by atoms with Crippen LogP contribution in [-0.4, -0.2) is 36.8 Å². The van der Waals surface area contributed by atoms with Crippen LogP contribution in [0, 0.1) is 5.92 Å². The van der Waals surface area contributed by atoms with Crippen molar-refractivity contribution in [3.05, 3.63) is 23.8 Å². The summed E-state index contributed by atoms with van der Waals surface area (Å²) in [5.74, 6) is 0.870. The summed E-state index contributed by atoms with van der Waals surface area (Å²) in [5.41, 5.74) is 1.28. The number of anilines is 1. The Balaban J connectivity index is 1.47. The smallest absolute Gasteiger partial charge is 0.251 e. The second-order valence-corrected chi connectivity index (χ2v) is 7.49. The van der Waals surface area contributed by atoms with Crippen molar-refractivity contribution in [1.82, 2.24) is 5.32 Å². The van der Waals surface area contributed by atoms with Gasteiger partial charge < -0.3 is 15.4 Å². The highest BCUT2D eigenvalue weighted by Gasteiger charge is 2.21. The Morgan fingerprint density at radius 2 is 2.21 bits per heavy atom. The van der Waals surface area contributed by atoms with Crippen LogP contribution >= 0.6 is 11.8 Å². The first-order valence-corrected chi connectivity index (χ1v) is 9.58. The predicted molar refractivity (Wildman–Crippen MR) is 95.5 cm³/mol. The van der Waals surface area contributed by atoms with E-state index in [9.17, 15) is 9.59 Å². The zero-order valence-electron chi connectivity index (χ0n) is 14.0. The molecule has 1 aliphatic carbocycles. The minimum Gasteiger partial charge on any atom is -0.376 e. The van der Waals surface area contributed by atoms with Gasteiger partial charge in [0.2, 0.25) is 5.91 Å². The van der Waals surface area contributed by atoms with Gasteiger partial charge in [-0.2, -0.15) is 0 Å². The van der Waals surface area contributed by atoms with Crippen LogP contribution in [0.2, 0.25) is 0 Å². The maximum Gasteiger partial charge on any atom is 0.251 e.